The number of hydrogen-bond acceptors (Lipinski definition) is 2. The van der Waals surface area contributed by atoms with Crippen LogP contribution in [0.25, 0.3) is 0 Å². The summed E-state index contributed by atoms with van der Waals surface area (Å²) in [6.07, 6.45) is 1.64. The SMILES string of the molecule is Cc1cc(Cl)ccc1OCCCC(C#N)c1ccccc1. The molecule has 1 atom stereocenters. The Hall–Kier alpha value is -1.98. The Morgan fingerprint density at radius 1 is 1.19 bits per heavy atom. The molecule has 21 heavy (non-hydrogen) atoms. The Kier molecular flexibility index (Phi) is 5.66. The van der Waals surface area contributed by atoms with Crippen molar-refractivity contribution < 1.29 is 4.74 Å². The minimum absolute atomic E-state index is 0.0684. The molecular weight excluding hydrogens is 282 g/mol. The third kappa shape index (κ3) is 4.51. The number of nitriles is 1. The van der Waals surface area contributed by atoms with Gasteiger partial charge in [0.2, 0.25) is 0 Å². The first-order chi connectivity index (χ1) is 10.2. The number of halogens is 1. The van der Waals surface area contributed by atoms with Crippen molar-refractivity contribution in [1.29, 1.82) is 5.26 Å². The summed E-state index contributed by atoms with van der Waals surface area (Å²) in [4.78, 5) is 0. The number of aryl methyl sites for hydroxylation is 1. The fourth-order valence-corrected chi connectivity index (χ4v) is 2.46. The van der Waals surface area contributed by atoms with Crippen molar-refractivity contribution in [3.05, 3.63) is 64.7 Å². The van der Waals surface area contributed by atoms with Crippen LogP contribution in [0.2, 0.25) is 5.02 Å². The van der Waals surface area contributed by atoms with Crippen molar-refractivity contribution in [2.24, 2.45) is 0 Å². The topological polar surface area (TPSA) is 33.0 Å². The van der Waals surface area contributed by atoms with Gasteiger partial charge in [0.1, 0.15) is 5.75 Å². The first kappa shape index (κ1) is 15.4. The second-order valence-electron chi connectivity index (χ2n) is 4.99. The van der Waals surface area contributed by atoms with E-state index in [1.807, 2.05) is 55.5 Å². The molecule has 0 saturated heterocycles. The standard InChI is InChI=1S/C18H18ClNO/c1-14-12-17(19)9-10-18(14)21-11-5-8-16(13-20)15-6-3-2-4-7-15/h2-4,6-7,9-10,12,16H,5,8,11H2,1H3. The zero-order chi connectivity index (χ0) is 15.1. The molecule has 0 amide bonds. The second-order valence-corrected chi connectivity index (χ2v) is 5.43. The van der Waals surface area contributed by atoms with E-state index in [0.717, 1.165) is 29.7 Å². The first-order valence-electron chi connectivity index (χ1n) is 7.04. The van der Waals surface area contributed by atoms with Crippen molar-refractivity contribution in [1.82, 2.24) is 0 Å². The summed E-state index contributed by atoms with van der Waals surface area (Å²) in [5.74, 6) is 0.786. The van der Waals surface area contributed by atoms with E-state index in [2.05, 4.69) is 6.07 Å². The molecule has 2 nitrogen and oxygen atoms in total. The predicted molar refractivity (Wildman–Crippen MR) is 85.7 cm³/mol. The quantitative estimate of drug-likeness (QED) is 0.694. The third-order valence-electron chi connectivity index (χ3n) is 3.39. The van der Waals surface area contributed by atoms with Crippen molar-refractivity contribution in [2.75, 3.05) is 6.61 Å². The van der Waals surface area contributed by atoms with Gasteiger partial charge in [-0.05, 0) is 49.1 Å². The molecule has 108 valence electrons. The molecule has 0 saturated carbocycles. The molecule has 2 aromatic carbocycles. The van der Waals surface area contributed by atoms with Crippen LogP contribution in [0, 0.1) is 18.3 Å². The van der Waals surface area contributed by atoms with Crippen LogP contribution in [-0.4, -0.2) is 6.61 Å². The predicted octanol–water partition coefficient (Wildman–Crippen LogP) is 5.11. The second kappa shape index (κ2) is 7.71. The largest absolute Gasteiger partial charge is 0.493 e. The van der Waals surface area contributed by atoms with E-state index < -0.39 is 0 Å². The summed E-state index contributed by atoms with van der Waals surface area (Å²) in [7, 11) is 0. The summed E-state index contributed by atoms with van der Waals surface area (Å²) in [5.41, 5.74) is 2.10. The third-order valence-corrected chi connectivity index (χ3v) is 3.62. The van der Waals surface area contributed by atoms with Gasteiger partial charge < -0.3 is 4.74 Å². The van der Waals surface area contributed by atoms with Crippen molar-refractivity contribution in [3.8, 4) is 11.8 Å². The van der Waals surface area contributed by atoms with Crippen LogP contribution < -0.4 is 4.74 Å². The molecular formula is C18H18ClNO. The Morgan fingerprint density at radius 2 is 1.95 bits per heavy atom. The van der Waals surface area contributed by atoms with Crippen molar-refractivity contribution in [3.63, 3.8) is 0 Å². The van der Waals surface area contributed by atoms with Gasteiger partial charge in [-0.25, -0.2) is 0 Å². The maximum Gasteiger partial charge on any atom is 0.122 e. The molecule has 3 heteroatoms. The lowest BCUT2D eigenvalue weighted by Crippen LogP contribution is -2.02. The molecule has 0 aliphatic carbocycles. The van der Waals surface area contributed by atoms with Crippen molar-refractivity contribution in [2.45, 2.75) is 25.7 Å². The highest BCUT2D eigenvalue weighted by Crippen LogP contribution is 2.23. The summed E-state index contributed by atoms with van der Waals surface area (Å²) in [5, 5.41) is 9.98. The number of rotatable bonds is 6. The molecule has 0 aliphatic heterocycles. The number of nitrogens with zero attached hydrogens (tertiary/aromatic N) is 1. The lowest BCUT2D eigenvalue weighted by Gasteiger charge is -2.11. The molecule has 0 radical (unpaired) electrons. The first-order valence-corrected chi connectivity index (χ1v) is 7.42. The van der Waals surface area contributed by atoms with Crippen molar-refractivity contribution >= 4 is 11.6 Å². The maximum atomic E-state index is 9.26. The highest BCUT2D eigenvalue weighted by atomic mass is 35.5. The van der Waals surface area contributed by atoms with Crippen LogP contribution in [0.15, 0.2) is 48.5 Å². The molecule has 0 N–H and O–H groups in total. The molecule has 2 aromatic rings. The Bertz CT molecular complexity index is 619. The van der Waals surface area contributed by atoms with Crippen LogP contribution in [0.1, 0.15) is 29.9 Å². The van der Waals surface area contributed by atoms with Gasteiger partial charge in [0.05, 0.1) is 18.6 Å². The Labute approximate surface area is 130 Å². The van der Waals surface area contributed by atoms with E-state index >= 15 is 0 Å². The van der Waals surface area contributed by atoms with Crippen LogP contribution in [-0.2, 0) is 0 Å². The van der Waals surface area contributed by atoms with E-state index in [1.54, 1.807) is 0 Å². The molecule has 0 bridgehead atoms. The minimum atomic E-state index is -0.0684. The molecule has 0 fully saturated rings. The fraction of sp³-hybridized carbons (Fsp3) is 0.278. The lowest BCUT2D eigenvalue weighted by atomic mass is 9.96. The molecule has 0 aromatic heterocycles. The van der Waals surface area contributed by atoms with Gasteiger partial charge in [-0.2, -0.15) is 5.26 Å². The van der Waals surface area contributed by atoms with Gasteiger partial charge in [-0.3, -0.25) is 0 Å². The monoisotopic (exact) mass is 299 g/mol. The molecule has 1 unspecified atom stereocenters. The van der Waals surface area contributed by atoms with E-state index in [9.17, 15) is 5.26 Å². The number of ether oxygens (including phenoxy) is 1. The van der Waals surface area contributed by atoms with Gasteiger partial charge in [0.25, 0.3) is 0 Å². The zero-order valence-electron chi connectivity index (χ0n) is 12.1. The Balaban J connectivity index is 1.83. The normalized spacial score (nSPS) is 11.7. The fourth-order valence-electron chi connectivity index (χ4n) is 2.24. The Morgan fingerprint density at radius 3 is 2.62 bits per heavy atom. The highest BCUT2D eigenvalue weighted by Gasteiger charge is 2.09. The van der Waals surface area contributed by atoms with Crippen LogP contribution in [0.5, 0.6) is 5.75 Å². The van der Waals surface area contributed by atoms with Crippen LogP contribution in [0.4, 0.5) is 0 Å². The minimum Gasteiger partial charge on any atom is -0.493 e. The lowest BCUT2D eigenvalue weighted by molar-refractivity contribution is 0.303. The molecule has 2 rings (SSSR count). The smallest absolute Gasteiger partial charge is 0.122 e. The summed E-state index contributed by atoms with van der Waals surface area (Å²) in [6.45, 7) is 2.58. The summed E-state index contributed by atoms with van der Waals surface area (Å²) in [6, 6.07) is 17.9. The molecule has 0 aliphatic rings. The van der Waals surface area contributed by atoms with E-state index in [1.165, 1.54) is 0 Å². The highest BCUT2D eigenvalue weighted by molar-refractivity contribution is 6.30. The van der Waals surface area contributed by atoms with Gasteiger partial charge in [-0.1, -0.05) is 41.9 Å². The maximum absolute atomic E-state index is 9.26. The van der Waals surface area contributed by atoms with Crippen LogP contribution in [0.3, 0.4) is 0 Å². The van der Waals surface area contributed by atoms with Gasteiger partial charge >= 0.3 is 0 Å². The number of hydrogen-bond donors (Lipinski definition) is 0. The van der Waals surface area contributed by atoms with E-state index in [0.29, 0.717) is 11.6 Å². The number of benzene rings is 2. The zero-order valence-corrected chi connectivity index (χ0v) is 12.8. The van der Waals surface area contributed by atoms with E-state index in [4.69, 9.17) is 16.3 Å². The van der Waals surface area contributed by atoms with Gasteiger partial charge in [0, 0.05) is 5.02 Å². The average Bonchev–Trinajstić information content (AvgIpc) is 2.50. The van der Waals surface area contributed by atoms with Crippen LogP contribution >= 0.6 is 11.6 Å². The van der Waals surface area contributed by atoms with Gasteiger partial charge in [-0.15, -0.1) is 0 Å². The van der Waals surface area contributed by atoms with E-state index in [-0.39, 0.29) is 5.92 Å². The molecule has 0 heterocycles. The summed E-state index contributed by atoms with van der Waals surface area (Å²) >= 11 is 5.91. The average molecular weight is 300 g/mol. The molecule has 0 spiro atoms. The van der Waals surface area contributed by atoms with Gasteiger partial charge in [0.15, 0.2) is 0 Å². The summed E-state index contributed by atoms with van der Waals surface area (Å²) < 4.78 is 5.75.